The van der Waals surface area contributed by atoms with Crippen molar-refractivity contribution in [2.45, 2.75) is 18.9 Å². The largest absolute Gasteiger partial charge is 0.378 e. The van der Waals surface area contributed by atoms with Crippen molar-refractivity contribution in [2.24, 2.45) is 0 Å². The van der Waals surface area contributed by atoms with Crippen LogP contribution in [0.15, 0.2) is 0 Å². The van der Waals surface area contributed by atoms with Gasteiger partial charge in [0.05, 0.1) is 12.4 Å². The molecule has 0 aromatic rings. The number of ether oxygens (including phenoxy) is 2. The van der Waals surface area contributed by atoms with Crippen molar-refractivity contribution >= 4 is 11.1 Å². The third kappa shape index (κ3) is 2.52. The Bertz CT molecular complexity index is 165. The lowest BCUT2D eigenvalue weighted by atomic mass is 10.1. The molecule has 1 aliphatic rings. The van der Waals surface area contributed by atoms with Gasteiger partial charge in [-0.3, -0.25) is 0 Å². The Morgan fingerprint density at radius 3 is 2.92 bits per heavy atom. The van der Waals surface area contributed by atoms with Gasteiger partial charge in [-0.2, -0.15) is 0 Å². The van der Waals surface area contributed by atoms with E-state index in [1.165, 1.54) is 0 Å². The van der Waals surface area contributed by atoms with Crippen molar-refractivity contribution in [3.05, 3.63) is 0 Å². The summed E-state index contributed by atoms with van der Waals surface area (Å²) < 4.78 is 29.9. The molecule has 72 valence electrons. The zero-order valence-electron chi connectivity index (χ0n) is 7.12. The van der Waals surface area contributed by atoms with Crippen LogP contribution in [0.2, 0.25) is 0 Å². The summed E-state index contributed by atoms with van der Waals surface area (Å²) in [5.41, 5.74) is -0.506. The number of hydrogen-bond donors (Lipinski definition) is 1. The highest BCUT2D eigenvalue weighted by Crippen LogP contribution is 2.23. The van der Waals surface area contributed by atoms with Gasteiger partial charge < -0.3 is 14.0 Å². The van der Waals surface area contributed by atoms with Crippen LogP contribution in [0.1, 0.15) is 13.3 Å². The second kappa shape index (κ2) is 4.32. The average molecular weight is 194 g/mol. The Balaban J connectivity index is 2.52. The molecular weight excluding hydrogens is 180 g/mol. The van der Waals surface area contributed by atoms with E-state index in [2.05, 4.69) is 0 Å². The minimum Gasteiger partial charge on any atom is -0.378 e. The normalized spacial score (nSPS) is 32.2. The number of hydrogen-bond acceptors (Lipinski definition) is 3. The molecule has 2 atom stereocenters. The fourth-order valence-electron chi connectivity index (χ4n) is 1.39. The van der Waals surface area contributed by atoms with Gasteiger partial charge in [-0.25, -0.2) is 4.21 Å². The molecule has 0 amide bonds. The summed E-state index contributed by atoms with van der Waals surface area (Å²) in [5, 5.41) is 0. The van der Waals surface area contributed by atoms with Crippen LogP contribution in [0, 0.1) is 0 Å². The summed E-state index contributed by atoms with van der Waals surface area (Å²) in [7, 11) is 0. The molecule has 0 spiro atoms. The minimum absolute atomic E-state index is 0.154. The molecule has 0 bridgehead atoms. The zero-order chi connectivity index (χ0) is 9.03. The van der Waals surface area contributed by atoms with E-state index in [-0.39, 0.29) is 5.75 Å². The first-order valence-corrected chi connectivity index (χ1v) is 5.25. The second-order valence-corrected chi connectivity index (χ2v) is 3.82. The van der Waals surface area contributed by atoms with E-state index < -0.39 is 16.7 Å². The zero-order valence-corrected chi connectivity index (χ0v) is 7.93. The van der Waals surface area contributed by atoms with Crippen molar-refractivity contribution in [3.8, 4) is 0 Å². The van der Waals surface area contributed by atoms with Gasteiger partial charge in [-0.1, -0.05) is 0 Å². The highest BCUT2D eigenvalue weighted by atomic mass is 32.2. The standard InChI is InChI=1S/C7H14O4S/c1-2-11-7(6-12(8)9)3-4-10-5-7/h2-6H2,1H3,(H,8,9). The Morgan fingerprint density at radius 1 is 1.75 bits per heavy atom. The summed E-state index contributed by atoms with van der Waals surface area (Å²) in [5.74, 6) is 0.154. The lowest BCUT2D eigenvalue weighted by Crippen LogP contribution is -2.39. The predicted octanol–water partition coefficient (Wildman–Crippen LogP) is 0.404. The summed E-state index contributed by atoms with van der Waals surface area (Å²) in [6, 6.07) is 0. The first-order valence-electron chi connectivity index (χ1n) is 3.98. The third-order valence-corrected chi connectivity index (χ3v) is 2.68. The van der Waals surface area contributed by atoms with Crippen LogP contribution in [0.25, 0.3) is 0 Å². The van der Waals surface area contributed by atoms with Crippen LogP contribution in [0.4, 0.5) is 0 Å². The van der Waals surface area contributed by atoms with Gasteiger partial charge in [0.25, 0.3) is 0 Å². The van der Waals surface area contributed by atoms with Crippen molar-refractivity contribution in [3.63, 3.8) is 0 Å². The monoisotopic (exact) mass is 194 g/mol. The van der Waals surface area contributed by atoms with Crippen LogP contribution in [-0.4, -0.2) is 39.9 Å². The Morgan fingerprint density at radius 2 is 2.50 bits per heavy atom. The van der Waals surface area contributed by atoms with Crippen molar-refractivity contribution in [1.29, 1.82) is 0 Å². The van der Waals surface area contributed by atoms with E-state index >= 15 is 0 Å². The summed E-state index contributed by atoms with van der Waals surface area (Å²) in [6.07, 6.45) is 0.715. The molecule has 12 heavy (non-hydrogen) atoms. The highest BCUT2D eigenvalue weighted by molar-refractivity contribution is 7.79. The van der Waals surface area contributed by atoms with Gasteiger partial charge >= 0.3 is 0 Å². The first kappa shape index (κ1) is 10.1. The second-order valence-electron chi connectivity index (χ2n) is 2.88. The van der Waals surface area contributed by atoms with E-state index in [1.54, 1.807) is 0 Å². The molecule has 1 saturated heterocycles. The van der Waals surface area contributed by atoms with E-state index in [0.29, 0.717) is 26.2 Å². The molecule has 1 N–H and O–H groups in total. The molecule has 2 unspecified atom stereocenters. The topological polar surface area (TPSA) is 55.8 Å². The van der Waals surface area contributed by atoms with Crippen LogP contribution in [-0.2, 0) is 20.6 Å². The van der Waals surface area contributed by atoms with Crippen molar-refractivity contribution < 1.29 is 18.2 Å². The Kier molecular flexibility index (Phi) is 3.64. The molecule has 1 rings (SSSR count). The SMILES string of the molecule is CCOC1(CS(=O)O)CCOC1. The average Bonchev–Trinajstić information content (AvgIpc) is 2.36. The van der Waals surface area contributed by atoms with E-state index in [4.69, 9.17) is 14.0 Å². The molecule has 0 saturated carbocycles. The van der Waals surface area contributed by atoms with Gasteiger partial charge in [-0.15, -0.1) is 0 Å². The van der Waals surface area contributed by atoms with Gasteiger partial charge in [-0.05, 0) is 6.92 Å². The quantitative estimate of drug-likeness (QED) is 0.658. The molecule has 0 aliphatic carbocycles. The molecule has 0 aromatic carbocycles. The smallest absolute Gasteiger partial charge is 0.155 e. The molecule has 0 aromatic heterocycles. The highest BCUT2D eigenvalue weighted by Gasteiger charge is 2.37. The van der Waals surface area contributed by atoms with Gasteiger partial charge in [0.15, 0.2) is 11.1 Å². The van der Waals surface area contributed by atoms with Crippen LogP contribution in [0.3, 0.4) is 0 Å². The molecule has 1 heterocycles. The van der Waals surface area contributed by atoms with Gasteiger partial charge in [0, 0.05) is 19.6 Å². The fraction of sp³-hybridized carbons (Fsp3) is 1.00. The summed E-state index contributed by atoms with van der Waals surface area (Å²) in [6.45, 7) is 3.49. The van der Waals surface area contributed by atoms with Crippen LogP contribution >= 0.6 is 0 Å². The lowest BCUT2D eigenvalue weighted by molar-refractivity contribution is -0.0267. The minimum atomic E-state index is -1.80. The maximum Gasteiger partial charge on any atom is 0.155 e. The van der Waals surface area contributed by atoms with Crippen LogP contribution < -0.4 is 0 Å². The first-order chi connectivity index (χ1) is 5.68. The van der Waals surface area contributed by atoms with Crippen molar-refractivity contribution in [1.82, 2.24) is 0 Å². The molecule has 1 fully saturated rings. The van der Waals surface area contributed by atoms with E-state index in [1.807, 2.05) is 6.92 Å². The molecule has 1 aliphatic heterocycles. The Hall–Kier alpha value is 0.0300. The maximum absolute atomic E-state index is 10.6. The van der Waals surface area contributed by atoms with Crippen molar-refractivity contribution in [2.75, 3.05) is 25.6 Å². The van der Waals surface area contributed by atoms with E-state index in [9.17, 15) is 4.21 Å². The molecule has 4 nitrogen and oxygen atoms in total. The molecule has 5 heteroatoms. The summed E-state index contributed by atoms with van der Waals surface area (Å²) in [4.78, 5) is 0. The van der Waals surface area contributed by atoms with Crippen LogP contribution in [0.5, 0.6) is 0 Å². The predicted molar refractivity (Wildman–Crippen MR) is 45.4 cm³/mol. The Labute approximate surface area is 74.5 Å². The van der Waals surface area contributed by atoms with E-state index in [0.717, 1.165) is 0 Å². The van der Waals surface area contributed by atoms with Gasteiger partial charge in [0.2, 0.25) is 0 Å². The van der Waals surface area contributed by atoms with Gasteiger partial charge in [0.1, 0.15) is 5.60 Å². The lowest BCUT2D eigenvalue weighted by Gasteiger charge is -2.25. The number of rotatable bonds is 4. The molecule has 0 radical (unpaired) electrons. The maximum atomic E-state index is 10.6. The summed E-state index contributed by atoms with van der Waals surface area (Å²) >= 11 is -1.80. The third-order valence-electron chi connectivity index (χ3n) is 1.90. The molecular formula is C7H14O4S. The fourth-order valence-corrected chi connectivity index (χ4v) is 2.15.